The number of oxime groups is 1. The van der Waals surface area contributed by atoms with Gasteiger partial charge >= 0.3 is 12.4 Å². The van der Waals surface area contributed by atoms with Crippen molar-refractivity contribution in [1.29, 1.82) is 0 Å². The number of hydrogen-bond acceptors (Lipinski definition) is 6. The maximum absolute atomic E-state index is 13.2. The smallest absolute Gasteiger partial charge is 0.391 e. The molecule has 0 unspecified atom stereocenters. The summed E-state index contributed by atoms with van der Waals surface area (Å²) in [6.45, 7) is 1.32. The minimum Gasteiger partial charge on any atom is -0.391 e. The highest BCUT2D eigenvalue weighted by atomic mass is 32.1. The van der Waals surface area contributed by atoms with Crippen molar-refractivity contribution in [3.05, 3.63) is 88.5 Å². The second-order valence-corrected chi connectivity index (χ2v) is 9.96. The molecule has 0 N–H and O–H groups in total. The van der Waals surface area contributed by atoms with Gasteiger partial charge in [-0.2, -0.15) is 26.3 Å². The minimum absolute atomic E-state index is 0.0827. The minimum atomic E-state index is -4.93. The van der Waals surface area contributed by atoms with Gasteiger partial charge in [0, 0.05) is 18.0 Å². The van der Waals surface area contributed by atoms with Crippen LogP contribution in [0.5, 0.6) is 0 Å². The summed E-state index contributed by atoms with van der Waals surface area (Å²) in [5.74, 6) is 0. The van der Waals surface area contributed by atoms with Crippen LogP contribution in [0.15, 0.2) is 60.0 Å². The molecule has 0 aliphatic heterocycles. The molecule has 4 aromatic rings. The quantitative estimate of drug-likeness (QED) is 0.184. The number of pyridine rings is 2. The van der Waals surface area contributed by atoms with E-state index in [-0.39, 0.29) is 11.6 Å². The van der Waals surface area contributed by atoms with E-state index in [1.54, 1.807) is 12.4 Å². The molecule has 0 saturated heterocycles. The summed E-state index contributed by atoms with van der Waals surface area (Å²) >= 11 is 1.47. The predicted octanol–water partition coefficient (Wildman–Crippen LogP) is 7.87. The third kappa shape index (κ3) is 5.95. The summed E-state index contributed by atoms with van der Waals surface area (Å²) in [5, 5.41) is 4.88. The van der Waals surface area contributed by atoms with Gasteiger partial charge in [0.2, 0.25) is 0 Å². The molecular weight excluding hydrogens is 542 g/mol. The average Bonchev–Trinajstić information content (AvgIpc) is 3.29. The van der Waals surface area contributed by atoms with Gasteiger partial charge in [-0.3, -0.25) is 4.98 Å². The highest BCUT2D eigenvalue weighted by molar-refractivity contribution is 7.18. The van der Waals surface area contributed by atoms with Crippen LogP contribution in [-0.4, -0.2) is 20.7 Å². The third-order valence-corrected chi connectivity index (χ3v) is 7.33. The molecule has 12 heteroatoms. The number of aromatic nitrogens is 3. The molecule has 0 amide bonds. The van der Waals surface area contributed by atoms with Gasteiger partial charge in [-0.1, -0.05) is 11.2 Å². The van der Waals surface area contributed by atoms with E-state index in [1.165, 1.54) is 11.3 Å². The van der Waals surface area contributed by atoms with Crippen LogP contribution in [-0.2, 0) is 30.2 Å². The summed E-state index contributed by atoms with van der Waals surface area (Å²) in [6, 6.07) is 8.93. The zero-order valence-electron chi connectivity index (χ0n) is 20.4. The predicted molar refractivity (Wildman–Crippen MR) is 134 cm³/mol. The number of alkyl halides is 6. The molecule has 3 heterocycles. The number of halogens is 6. The molecule has 3 aromatic heterocycles. The van der Waals surface area contributed by atoms with E-state index in [1.807, 2.05) is 31.2 Å². The Morgan fingerprint density at radius 2 is 1.69 bits per heavy atom. The Bertz CT molecular complexity index is 1500. The lowest BCUT2D eigenvalue weighted by Gasteiger charge is -2.17. The zero-order chi connectivity index (χ0) is 27.8. The number of fused-ring (bicyclic) bond motifs is 1. The summed E-state index contributed by atoms with van der Waals surface area (Å²) in [5.41, 5.74) is 1.27. The van der Waals surface area contributed by atoms with Crippen LogP contribution in [0.25, 0.3) is 21.1 Å². The number of rotatable bonds is 5. The molecule has 1 aliphatic carbocycles. The van der Waals surface area contributed by atoms with Crippen molar-refractivity contribution in [2.24, 2.45) is 5.16 Å². The van der Waals surface area contributed by atoms with Gasteiger partial charge in [-0.25, -0.2) is 9.97 Å². The zero-order valence-corrected chi connectivity index (χ0v) is 21.2. The fourth-order valence-corrected chi connectivity index (χ4v) is 5.28. The molecule has 5 nitrogen and oxygen atoms in total. The second kappa shape index (κ2) is 10.4. The molecule has 1 aliphatic rings. The summed E-state index contributed by atoms with van der Waals surface area (Å²) < 4.78 is 79.0. The number of nitrogens with zero attached hydrogens (tertiary/aromatic N) is 4. The fraction of sp³-hybridized carbons (Fsp3) is 0.259. The highest BCUT2D eigenvalue weighted by Gasteiger charge is 2.37. The first-order chi connectivity index (χ1) is 18.5. The van der Waals surface area contributed by atoms with Gasteiger partial charge in [-0.05, 0) is 73.7 Å². The molecule has 202 valence electrons. The van der Waals surface area contributed by atoms with Crippen LogP contribution in [0.3, 0.4) is 0 Å². The van der Waals surface area contributed by atoms with E-state index in [9.17, 15) is 26.3 Å². The normalized spacial score (nSPS) is 14.9. The van der Waals surface area contributed by atoms with Gasteiger partial charge in [0.15, 0.2) is 0 Å². The van der Waals surface area contributed by atoms with E-state index < -0.39 is 30.1 Å². The Hall–Kier alpha value is -3.80. The van der Waals surface area contributed by atoms with E-state index in [0.29, 0.717) is 35.7 Å². The lowest BCUT2D eigenvalue weighted by molar-refractivity contribution is -0.143. The topological polar surface area (TPSA) is 60.3 Å². The first kappa shape index (κ1) is 26.8. The molecule has 0 saturated carbocycles. The van der Waals surface area contributed by atoms with Crippen molar-refractivity contribution < 1.29 is 31.2 Å². The summed E-state index contributed by atoms with van der Waals surface area (Å²) in [4.78, 5) is 19.7. The van der Waals surface area contributed by atoms with Crippen molar-refractivity contribution in [1.82, 2.24) is 15.0 Å². The Morgan fingerprint density at radius 3 is 2.36 bits per heavy atom. The van der Waals surface area contributed by atoms with E-state index in [0.717, 1.165) is 39.5 Å². The van der Waals surface area contributed by atoms with Crippen molar-refractivity contribution in [2.45, 2.75) is 45.1 Å². The number of hydrogen-bond donors (Lipinski definition) is 0. The molecular formula is C27H20F6N4OS. The van der Waals surface area contributed by atoms with Crippen LogP contribution >= 0.6 is 11.3 Å². The maximum Gasteiger partial charge on any atom is 0.416 e. The van der Waals surface area contributed by atoms with Gasteiger partial charge in [0.1, 0.15) is 17.3 Å². The molecule has 1 aromatic carbocycles. The molecule has 5 rings (SSSR count). The van der Waals surface area contributed by atoms with Crippen molar-refractivity contribution >= 4 is 17.0 Å². The molecule has 0 atom stereocenters. The largest absolute Gasteiger partial charge is 0.416 e. The third-order valence-electron chi connectivity index (χ3n) is 6.10. The fourth-order valence-electron chi connectivity index (χ4n) is 4.25. The van der Waals surface area contributed by atoms with Gasteiger partial charge in [-0.15, -0.1) is 11.3 Å². The standard InChI is InChI=1S/C27H20F6N4OS/c1-15-24(39-25(35-15)18-5-3-9-34-13-18)22-8-7-17-4-2-6-21(23(17)36-22)37-38-14-16-10-19(26(28,29)30)12-20(11-16)27(31,32)33/h3,5,7-13H,2,4,6,14H2,1H3/b37-21+. The number of aryl methyl sites for hydroxylation is 2. The maximum atomic E-state index is 13.2. The Morgan fingerprint density at radius 1 is 0.949 bits per heavy atom. The Kier molecular flexibility index (Phi) is 7.15. The molecule has 0 radical (unpaired) electrons. The van der Waals surface area contributed by atoms with E-state index in [4.69, 9.17) is 9.82 Å². The summed E-state index contributed by atoms with van der Waals surface area (Å²) in [7, 11) is 0. The number of benzene rings is 1. The van der Waals surface area contributed by atoms with Gasteiger partial charge < -0.3 is 4.84 Å². The highest BCUT2D eigenvalue weighted by Crippen LogP contribution is 2.37. The SMILES string of the molecule is Cc1nc(-c2cccnc2)sc1-c1ccc2c(n1)/C(=N/OCc1cc(C(F)(F)F)cc(C(F)(F)F)c1)CCC2. The van der Waals surface area contributed by atoms with Crippen molar-refractivity contribution in [2.75, 3.05) is 0 Å². The van der Waals surface area contributed by atoms with Crippen LogP contribution in [0.2, 0.25) is 0 Å². The second-order valence-electron chi connectivity index (χ2n) is 8.96. The van der Waals surface area contributed by atoms with Crippen molar-refractivity contribution in [3.8, 4) is 21.1 Å². The van der Waals surface area contributed by atoms with E-state index >= 15 is 0 Å². The lowest BCUT2D eigenvalue weighted by Crippen LogP contribution is -2.15. The molecule has 0 bridgehead atoms. The van der Waals surface area contributed by atoms with Crippen LogP contribution < -0.4 is 0 Å². The van der Waals surface area contributed by atoms with Crippen molar-refractivity contribution in [3.63, 3.8) is 0 Å². The van der Waals surface area contributed by atoms with E-state index in [2.05, 4.69) is 15.1 Å². The Balaban J connectivity index is 1.41. The molecule has 0 spiro atoms. The van der Waals surface area contributed by atoms with Crippen LogP contribution in [0.1, 0.15) is 46.5 Å². The van der Waals surface area contributed by atoms with Crippen LogP contribution in [0.4, 0.5) is 26.3 Å². The summed E-state index contributed by atoms with van der Waals surface area (Å²) in [6.07, 6.45) is -4.45. The number of thiazole rings is 1. The first-order valence-corrected chi connectivity index (χ1v) is 12.7. The van der Waals surface area contributed by atoms with Crippen LogP contribution in [0, 0.1) is 6.92 Å². The van der Waals surface area contributed by atoms with Gasteiger partial charge in [0.25, 0.3) is 0 Å². The first-order valence-electron chi connectivity index (χ1n) is 11.8. The monoisotopic (exact) mass is 562 g/mol. The molecule has 39 heavy (non-hydrogen) atoms. The van der Waals surface area contributed by atoms with Gasteiger partial charge in [0.05, 0.1) is 33.1 Å². The molecule has 0 fully saturated rings. The Labute approximate surface area is 223 Å². The lowest BCUT2D eigenvalue weighted by atomic mass is 9.94. The average molecular weight is 563 g/mol.